The van der Waals surface area contributed by atoms with Crippen molar-refractivity contribution in [1.82, 2.24) is 5.16 Å². The lowest BCUT2D eigenvalue weighted by Crippen LogP contribution is -2.13. The van der Waals surface area contributed by atoms with Crippen LogP contribution in [0.1, 0.15) is 16.8 Å². The monoisotopic (exact) mass is 471 g/mol. The Morgan fingerprint density at radius 3 is 2.55 bits per heavy atom. The van der Waals surface area contributed by atoms with E-state index in [2.05, 4.69) is 9.89 Å². The highest BCUT2D eigenvalue weighted by atomic mass is 35.5. The molecule has 0 N–H and O–H groups in total. The minimum absolute atomic E-state index is 0.216. The number of aromatic nitrogens is 1. The molecule has 0 fully saturated rings. The van der Waals surface area contributed by atoms with Gasteiger partial charge in [0.2, 0.25) is 0 Å². The van der Waals surface area contributed by atoms with Crippen LogP contribution in [0.3, 0.4) is 0 Å². The molecule has 0 aliphatic carbocycles. The van der Waals surface area contributed by atoms with E-state index in [0.717, 1.165) is 22.6 Å². The number of aryl methyl sites for hydroxylation is 1. The average Bonchev–Trinajstić information content (AvgIpc) is 3.21. The molecular formula is C21H17ClF3NO4S. The molecule has 3 rings (SSSR count). The fourth-order valence-electron chi connectivity index (χ4n) is 2.59. The summed E-state index contributed by atoms with van der Waals surface area (Å²) in [5.41, 5.74) is 1.18. The van der Waals surface area contributed by atoms with E-state index >= 15 is 0 Å². The summed E-state index contributed by atoms with van der Waals surface area (Å²) in [5, 5.41) is 4.42. The van der Waals surface area contributed by atoms with Crippen molar-refractivity contribution in [3.8, 4) is 17.1 Å². The number of nitrogens with zero attached hydrogens (tertiary/aromatic N) is 1. The summed E-state index contributed by atoms with van der Waals surface area (Å²) in [6, 6.07) is 9.80. The standard InChI is InChI=1S/C21H17ClF3NO4S/c1-12-7-19(16(22)9-17(12)29-10-20(27)28-2)31-11-15-8-18(30-26-15)13-3-5-14(6-4-13)21(23,24)25/h3-9H,10-11H2,1-2H3. The van der Waals surface area contributed by atoms with Gasteiger partial charge in [0.1, 0.15) is 5.75 Å². The average molecular weight is 472 g/mol. The number of halogens is 4. The number of methoxy groups -OCH3 is 1. The summed E-state index contributed by atoms with van der Waals surface area (Å²) in [5.74, 6) is 0.791. The quantitative estimate of drug-likeness (QED) is 0.303. The van der Waals surface area contributed by atoms with Crippen molar-refractivity contribution in [2.75, 3.05) is 13.7 Å². The van der Waals surface area contributed by atoms with Crippen LogP contribution in [0.25, 0.3) is 11.3 Å². The largest absolute Gasteiger partial charge is 0.482 e. The van der Waals surface area contributed by atoms with E-state index < -0.39 is 17.7 Å². The van der Waals surface area contributed by atoms with Crippen LogP contribution in [0, 0.1) is 6.92 Å². The Balaban J connectivity index is 1.65. The Labute approximate surface area is 185 Å². The fraction of sp³-hybridized carbons (Fsp3) is 0.238. The molecule has 1 heterocycles. The maximum absolute atomic E-state index is 12.7. The van der Waals surface area contributed by atoms with E-state index in [4.69, 9.17) is 20.9 Å². The van der Waals surface area contributed by atoms with Gasteiger partial charge in [-0.1, -0.05) is 28.9 Å². The van der Waals surface area contributed by atoms with Crippen molar-refractivity contribution in [2.24, 2.45) is 0 Å². The van der Waals surface area contributed by atoms with Gasteiger partial charge < -0.3 is 14.0 Å². The van der Waals surface area contributed by atoms with E-state index in [0.29, 0.717) is 33.5 Å². The van der Waals surface area contributed by atoms with Crippen molar-refractivity contribution in [3.05, 3.63) is 64.3 Å². The van der Waals surface area contributed by atoms with Crippen LogP contribution in [-0.4, -0.2) is 24.8 Å². The number of hydrogen-bond donors (Lipinski definition) is 0. The van der Waals surface area contributed by atoms with Crippen molar-refractivity contribution in [3.63, 3.8) is 0 Å². The molecule has 0 amide bonds. The van der Waals surface area contributed by atoms with E-state index in [1.165, 1.54) is 31.0 Å². The molecule has 164 valence electrons. The second-order valence-electron chi connectivity index (χ2n) is 6.46. The van der Waals surface area contributed by atoms with Crippen LogP contribution >= 0.6 is 23.4 Å². The molecular weight excluding hydrogens is 455 g/mol. The van der Waals surface area contributed by atoms with E-state index in [-0.39, 0.29) is 6.61 Å². The summed E-state index contributed by atoms with van der Waals surface area (Å²) in [6.45, 7) is 1.61. The minimum Gasteiger partial charge on any atom is -0.482 e. The lowest BCUT2D eigenvalue weighted by atomic mass is 10.1. The van der Waals surface area contributed by atoms with Gasteiger partial charge in [-0.3, -0.25) is 0 Å². The number of hydrogen-bond acceptors (Lipinski definition) is 6. The molecule has 1 aromatic heterocycles. The highest BCUT2D eigenvalue weighted by molar-refractivity contribution is 7.98. The van der Waals surface area contributed by atoms with Crippen LogP contribution in [0.15, 0.2) is 51.9 Å². The summed E-state index contributed by atoms with van der Waals surface area (Å²) < 4.78 is 53.3. The Kier molecular flexibility index (Phi) is 7.17. The van der Waals surface area contributed by atoms with Crippen LogP contribution in [-0.2, 0) is 21.5 Å². The molecule has 0 radical (unpaired) electrons. The maximum Gasteiger partial charge on any atom is 0.416 e. The first kappa shape index (κ1) is 23.0. The molecule has 0 saturated carbocycles. The van der Waals surface area contributed by atoms with Gasteiger partial charge >= 0.3 is 12.1 Å². The summed E-state index contributed by atoms with van der Waals surface area (Å²) in [6.07, 6.45) is -4.39. The third-order valence-electron chi connectivity index (χ3n) is 4.23. The first-order valence-electron chi connectivity index (χ1n) is 8.93. The van der Waals surface area contributed by atoms with Gasteiger partial charge in [-0.2, -0.15) is 13.2 Å². The molecule has 0 aliphatic heterocycles. The molecule has 0 unspecified atom stereocenters. The molecule has 0 bridgehead atoms. The first-order chi connectivity index (χ1) is 14.7. The third-order valence-corrected chi connectivity index (χ3v) is 5.75. The molecule has 0 spiro atoms. The molecule has 0 saturated heterocycles. The highest BCUT2D eigenvalue weighted by Gasteiger charge is 2.30. The van der Waals surface area contributed by atoms with E-state index in [1.807, 2.05) is 13.0 Å². The number of ether oxygens (including phenoxy) is 2. The summed E-state index contributed by atoms with van der Waals surface area (Å²) in [7, 11) is 1.28. The van der Waals surface area contributed by atoms with Gasteiger partial charge in [0.15, 0.2) is 12.4 Å². The van der Waals surface area contributed by atoms with Crippen molar-refractivity contribution in [1.29, 1.82) is 0 Å². The number of rotatable bonds is 7. The van der Waals surface area contributed by atoms with E-state index in [1.54, 1.807) is 12.1 Å². The fourth-order valence-corrected chi connectivity index (χ4v) is 3.80. The topological polar surface area (TPSA) is 61.6 Å². The molecule has 10 heteroatoms. The predicted molar refractivity (Wildman–Crippen MR) is 110 cm³/mol. The molecule has 3 aromatic rings. The second kappa shape index (κ2) is 9.65. The summed E-state index contributed by atoms with van der Waals surface area (Å²) >= 11 is 7.73. The smallest absolute Gasteiger partial charge is 0.416 e. The third kappa shape index (κ3) is 5.95. The minimum atomic E-state index is -4.39. The summed E-state index contributed by atoms with van der Waals surface area (Å²) in [4.78, 5) is 12.0. The van der Waals surface area contributed by atoms with Crippen LogP contribution < -0.4 is 4.74 Å². The molecule has 31 heavy (non-hydrogen) atoms. The molecule has 0 atom stereocenters. The number of carbonyl (C=O) groups is 1. The molecule has 5 nitrogen and oxygen atoms in total. The van der Waals surface area contributed by atoms with Gasteiger partial charge in [0, 0.05) is 28.3 Å². The van der Waals surface area contributed by atoms with Crippen LogP contribution in [0.4, 0.5) is 13.2 Å². The van der Waals surface area contributed by atoms with Crippen LogP contribution in [0.5, 0.6) is 5.75 Å². The Morgan fingerprint density at radius 2 is 1.90 bits per heavy atom. The number of carbonyl (C=O) groups excluding carboxylic acids is 1. The number of alkyl halides is 3. The maximum atomic E-state index is 12.7. The van der Waals surface area contributed by atoms with Gasteiger partial charge in [-0.15, -0.1) is 11.8 Å². The first-order valence-corrected chi connectivity index (χ1v) is 10.3. The number of thioether (sulfide) groups is 1. The molecule has 2 aromatic carbocycles. The van der Waals surface area contributed by atoms with Gasteiger partial charge in [0.05, 0.1) is 23.4 Å². The van der Waals surface area contributed by atoms with E-state index in [9.17, 15) is 18.0 Å². The van der Waals surface area contributed by atoms with Gasteiger partial charge in [0.25, 0.3) is 0 Å². The van der Waals surface area contributed by atoms with Gasteiger partial charge in [-0.05, 0) is 30.7 Å². The molecule has 0 aliphatic rings. The zero-order valence-electron chi connectivity index (χ0n) is 16.5. The zero-order chi connectivity index (χ0) is 22.6. The lowest BCUT2D eigenvalue weighted by molar-refractivity contribution is -0.143. The second-order valence-corrected chi connectivity index (χ2v) is 7.88. The predicted octanol–water partition coefficient (Wildman–Crippen LogP) is 6.17. The van der Waals surface area contributed by atoms with Crippen molar-refractivity contribution in [2.45, 2.75) is 23.7 Å². The normalized spacial score (nSPS) is 11.4. The SMILES string of the molecule is COC(=O)COc1cc(Cl)c(SCc2cc(-c3ccc(C(F)(F)F)cc3)on2)cc1C. The Morgan fingerprint density at radius 1 is 1.19 bits per heavy atom. The van der Waals surface area contributed by atoms with Crippen molar-refractivity contribution < 1.29 is 32.0 Å². The zero-order valence-corrected chi connectivity index (χ0v) is 18.0. The number of benzene rings is 2. The Bertz CT molecular complexity index is 1070. The lowest BCUT2D eigenvalue weighted by Gasteiger charge is -2.11. The highest BCUT2D eigenvalue weighted by Crippen LogP contribution is 2.36. The Hall–Kier alpha value is -2.65. The van der Waals surface area contributed by atoms with Crippen molar-refractivity contribution >= 4 is 29.3 Å². The number of esters is 1. The van der Waals surface area contributed by atoms with Crippen LogP contribution in [0.2, 0.25) is 5.02 Å². The van der Waals surface area contributed by atoms with Gasteiger partial charge in [-0.25, -0.2) is 4.79 Å².